The van der Waals surface area contributed by atoms with Crippen molar-refractivity contribution in [2.45, 2.75) is 0 Å². The van der Waals surface area contributed by atoms with Crippen LogP contribution >= 0.6 is 34.5 Å². The lowest BCUT2D eigenvalue weighted by atomic mass is 10.1. The van der Waals surface area contributed by atoms with Crippen LogP contribution in [0.15, 0.2) is 77.9 Å². The first-order valence-corrected chi connectivity index (χ1v) is 10.7. The summed E-state index contributed by atoms with van der Waals surface area (Å²) in [5.74, 6) is 0.804. The molecular weight excluding hydrogens is 437 g/mol. The summed E-state index contributed by atoms with van der Waals surface area (Å²) in [5, 5.41) is 6.10. The average Bonchev–Trinajstić information content (AvgIpc) is 3.20. The summed E-state index contributed by atoms with van der Waals surface area (Å²) < 4.78 is 5.27. The SMILES string of the molecule is COc1ccc(-c2nc(NN=Cc3ccc(Cl)cc3Cl)sc2-c2ccccc2)cc1. The predicted octanol–water partition coefficient (Wildman–Crippen LogP) is 7.24. The van der Waals surface area contributed by atoms with Gasteiger partial charge in [-0.15, -0.1) is 0 Å². The van der Waals surface area contributed by atoms with Gasteiger partial charge in [0.15, 0.2) is 0 Å². The smallest absolute Gasteiger partial charge is 0.204 e. The maximum absolute atomic E-state index is 6.20. The van der Waals surface area contributed by atoms with E-state index in [9.17, 15) is 0 Å². The fourth-order valence-corrected chi connectivity index (χ4v) is 4.26. The van der Waals surface area contributed by atoms with Gasteiger partial charge in [0.1, 0.15) is 5.75 Å². The minimum absolute atomic E-state index is 0.538. The molecule has 4 rings (SSSR count). The molecule has 0 aliphatic rings. The van der Waals surface area contributed by atoms with Crippen LogP contribution in [0.25, 0.3) is 21.7 Å². The molecule has 0 spiro atoms. The van der Waals surface area contributed by atoms with Crippen molar-refractivity contribution in [3.63, 3.8) is 0 Å². The van der Waals surface area contributed by atoms with Gasteiger partial charge in [-0.05, 0) is 42.0 Å². The molecule has 0 aliphatic heterocycles. The van der Waals surface area contributed by atoms with Crippen LogP contribution in [-0.2, 0) is 0 Å². The summed E-state index contributed by atoms with van der Waals surface area (Å²) in [4.78, 5) is 5.84. The molecule has 4 nitrogen and oxygen atoms in total. The molecule has 0 unspecified atom stereocenters. The zero-order chi connectivity index (χ0) is 20.9. The van der Waals surface area contributed by atoms with Crippen molar-refractivity contribution in [3.8, 4) is 27.4 Å². The monoisotopic (exact) mass is 453 g/mol. The number of halogens is 2. The first kappa shape index (κ1) is 20.4. The maximum atomic E-state index is 6.20. The fraction of sp³-hybridized carbons (Fsp3) is 0.0435. The van der Waals surface area contributed by atoms with E-state index in [-0.39, 0.29) is 0 Å². The highest BCUT2D eigenvalue weighted by molar-refractivity contribution is 7.19. The summed E-state index contributed by atoms with van der Waals surface area (Å²) in [5.41, 5.74) is 6.77. The lowest BCUT2D eigenvalue weighted by Crippen LogP contribution is -1.91. The number of nitrogens with one attached hydrogen (secondary N) is 1. The van der Waals surface area contributed by atoms with Gasteiger partial charge in [-0.3, -0.25) is 5.43 Å². The second-order valence-electron chi connectivity index (χ2n) is 6.33. The van der Waals surface area contributed by atoms with Crippen LogP contribution < -0.4 is 10.2 Å². The highest BCUT2D eigenvalue weighted by Crippen LogP contribution is 2.39. The van der Waals surface area contributed by atoms with E-state index in [0.717, 1.165) is 33.0 Å². The minimum Gasteiger partial charge on any atom is -0.497 e. The molecule has 0 amide bonds. The third-order valence-corrected chi connectivity index (χ3v) is 5.92. The molecule has 0 fully saturated rings. The largest absolute Gasteiger partial charge is 0.497 e. The summed E-state index contributed by atoms with van der Waals surface area (Å²) in [6.45, 7) is 0. The Kier molecular flexibility index (Phi) is 6.33. The van der Waals surface area contributed by atoms with Gasteiger partial charge in [-0.25, -0.2) is 4.98 Å². The van der Waals surface area contributed by atoms with Crippen molar-refractivity contribution in [1.82, 2.24) is 4.98 Å². The Hall–Kier alpha value is -2.86. The molecule has 0 atom stereocenters. The van der Waals surface area contributed by atoms with Gasteiger partial charge in [-0.2, -0.15) is 5.10 Å². The van der Waals surface area contributed by atoms with Crippen LogP contribution in [0.4, 0.5) is 5.13 Å². The number of nitrogens with zero attached hydrogens (tertiary/aromatic N) is 2. The highest BCUT2D eigenvalue weighted by atomic mass is 35.5. The average molecular weight is 454 g/mol. The van der Waals surface area contributed by atoms with Crippen molar-refractivity contribution < 1.29 is 4.74 Å². The zero-order valence-electron chi connectivity index (χ0n) is 16.0. The topological polar surface area (TPSA) is 46.5 Å². The number of methoxy groups -OCH3 is 1. The Morgan fingerprint density at radius 1 is 0.967 bits per heavy atom. The third kappa shape index (κ3) is 4.65. The number of benzene rings is 3. The highest BCUT2D eigenvalue weighted by Gasteiger charge is 2.15. The number of anilines is 1. The Morgan fingerprint density at radius 2 is 1.73 bits per heavy atom. The third-order valence-electron chi connectivity index (χ3n) is 4.35. The van der Waals surface area contributed by atoms with Crippen LogP contribution in [0.1, 0.15) is 5.56 Å². The quantitative estimate of drug-likeness (QED) is 0.247. The number of ether oxygens (including phenoxy) is 1. The van der Waals surface area contributed by atoms with Crippen LogP contribution in [0.5, 0.6) is 5.75 Å². The Morgan fingerprint density at radius 3 is 2.43 bits per heavy atom. The molecule has 150 valence electrons. The summed E-state index contributed by atoms with van der Waals surface area (Å²) >= 11 is 13.7. The molecule has 30 heavy (non-hydrogen) atoms. The Labute approximate surface area is 188 Å². The summed E-state index contributed by atoms with van der Waals surface area (Å²) in [6.07, 6.45) is 1.65. The van der Waals surface area contributed by atoms with Crippen molar-refractivity contribution in [1.29, 1.82) is 0 Å². The van der Waals surface area contributed by atoms with Crippen molar-refractivity contribution >= 4 is 45.9 Å². The molecule has 7 heteroatoms. The van der Waals surface area contributed by atoms with E-state index in [1.54, 1.807) is 25.5 Å². The number of rotatable bonds is 6. The second kappa shape index (κ2) is 9.30. The number of hydrogen-bond donors (Lipinski definition) is 1. The van der Waals surface area contributed by atoms with E-state index in [4.69, 9.17) is 32.9 Å². The molecule has 4 aromatic rings. The summed E-state index contributed by atoms with van der Waals surface area (Å²) in [6, 6.07) is 23.3. The molecule has 0 saturated carbocycles. The zero-order valence-corrected chi connectivity index (χ0v) is 18.3. The number of hydrazone groups is 1. The van der Waals surface area contributed by atoms with Crippen molar-refractivity contribution in [2.24, 2.45) is 5.10 Å². The van der Waals surface area contributed by atoms with Crippen LogP contribution in [-0.4, -0.2) is 18.3 Å². The lowest BCUT2D eigenvalue weighted by molar-refractivity contribution is 0.415. The lowest BCUT2D eigenvalue weighted by Gasteiger charge is -2.04. The minimum atomic E-state index is 0.538. The molecular formula is C23H17Cl2N3OS. The van der Waals surface area contributed by atoms with Gasteiger partial charge < -0.3 is 4.74 Å². The molecule has 0 aliphatic carbocycles. The predicted molar refractivity (Wildman–Crippen MR) is 127 cm³/mol. The van der Waals surface area contributed by atoms with Crippen LogP contribution in [0.3, 0.4) is 0 Å². The standard InChI is InChI=1S/C23H17Cl2N3OS/c1-29-19-11-8-15(9-12-19)21-22(16-5-3-2-4-6-16)30-23(27-21)28-26-14-17-7-10-18(24)13-20(17)25/h2-14H,1H3,(H,27,28). The first-order chi connectivity index (χ1) is 14.6. The van der Waals surface area contributed by atoms with Crippen molar-refractivity contribution in [2.75, 3.05) is 12.5 Å². The van der Waals surface area contributed by atoms with Crippen LogP contribution in [0.2, 0.25) is 10.0 Å². The van der Waals surface area contributed by atoms with E-state index in [2.05, 4.69) is 22.7 Å². The van der Waals surface area contributed by atoms with Gasteiger partial charge in [0.2, 0.25) is 5.13 Å². The fourth-order valence-electron chi connectivity index (χ4n) is 2.86. The number of aromatic nitrogens is 1. The normalized spacial score (nSPS) is 11.0. The van der Waals surface area contributed by atoms with E-state index < -0.39 is 0 Å². The van der Waals surface area contributed by atoms with Gasteiger partial charge in [0.25, 0.3) is 0 Å². The molecule has 3 aromatic carbocycles. The van der Waals surface area contributed by atoms with Crippen molar-refractivity contribution in [3.05, 3.63) is 88.4 Å². The Bertz CT molecular complexity index is 1180. The Balaban J connectivity index is 1.65. The molecule has 0 bridgehead atoms. The van der Waals surface area contributed by atoms with Gasteiger partial charge in [0.05, 0.1) is 28.9 Å². The molecule has 0 saturated heterocycles. The van der Waals surface area contributed by atoms with E-state index in [0.29, 0.717) is 15.2 Å². The molecule has 1 N–H and O–H groups in total. The molecule has 1 heterocycles. The number of hydrogen-bond acceptors (Lipinski definition) is 5. The maximum Gasteiger partial charge on any atom is 0.204 e. The second-order valence-corrected chi connectivity index (χ2v) is 8.17. The van der Waals surface area contributed by atoms with Gasteiger partial charge in [0, 0.05) is 16.1 Å². The molecule has 1 aromatic heterocycles. The van der Waals surface area contributed by atoms with E-state index >= 15 is 0 Å². The van der Waals surface area contributed by atoms with Crippen LogP contribution in [0, 0.1) is 0 Å². The molecule has 0 radical (unpaired) electrons. The van der Waals surface area contributed by atoms with E-state index in [1.165, 1.54) is 11.3 Å². The van der Waals surface area contributed by atoms with E-state index in [1.807, 2.05) is 48.5 Å². The van der Waals surface area contributed by atoms with Gasteiger partial charge in [-0.1, -0.05) is 70.9 Å². The number of thiazole rings is 1. The van der Waals surface area contributed by atoms with Gasteiger partial charge >= 0.3 is 0 Å². The first-order valence-electron chi connectivity index (χ1n) is 9.09. The summed E-state index contributed by atoms with van der Waals surface area (Å²) in [7, 11) is 1.65.